The van der Waals surface area contributed by atoms with Crippen LogP contribution >= 0.6 is 11.6 Å². The number of anilines is 1. The Kier molecular flexibility index (Phi) is 4.06. The number of halogens is 1. The summed E-state index contributed by atoms with van der Waals surface area (Å²) in [4.78, 5) is 7.80. The second kappa shape index (κ2) is 5.49. The van der Waals surface area contributed by atoms with Crippen LogP contribution in [0.5, 0.6) is 5.88 Å². The monoisotopic (exact) mass is 331 g/mol. The van der Waals surface area contributed by atoms with Gasteiger partial charge in [-0.25, -0.2) is 18.1 Å². The Hall–Kier alpha value is -1.87. The van der Waals surface area contributed by atoms with E-state index in [1.165, 1.54) is 17.9 Å². The van der Waals surface area contributed by atoms with Crippen molar-refractivity contribution < 1.29 is 13.2 Å². The Bertz CT molecular complexity index is 787. The van der Waals surface area contributed by atoms with Crippen LogP contribution in [0, 0.1) is 13.8 Å². The molecule has 0 atom stereocenters. The van der Waals surface area contributed by atoms with Gasteiger partial charge in [-0.1, -0.05) is 11.6 Å². The quantitative estimate of drug-likeness (QED) is 0.847. The van der Waals surface area contributed by atoms with Crippen LogP contribution in [0.25, 0.3) is 0 Å². The second-order valence-corrected chi connectivity index (χ2v) is 6.29. The summed E-state index contributed by atoms with van der Waals surface area (Å²) in [6.45, 7) is 3.27. The number of sulfonamides is 1. The Morgan fingerprint density at radius 3 is 2.52 bits per heavy atom. The molecule has 1 N–H and O–H groups in total. The summed E-state index contributed by atoms with van der Waals surface area (Å²) in [6, 6.07) is 1.37. The van der Waals surface area contributed by atoms with Gasteiger partial charge >= 0.3 is 0 Å². The van der Waals surface area contributed by atoms with Gasteiger partial charge in [-0.3, -0.25) is 4.68 Å². The largest absolute Gasteiger partial charge is 0.481 e. The highest BCUT2D eigenvalue weighted by molar-refractivity contribution is 7.92. The molecule has 0 spiro atoms. The number of aromatic nitrogens is 4. The topological polar surface area (TPSA) is 99.0 Å². The number of rotatable bonds is 4. The maximum absolute atomic E-state index is 12.4. The Labute approximate surface area is 127 Å². The maximum atomic E-state index is 12.4. The molecule has 2 aromatic heterocycles. The van der Waals surface area contributed by atoms with E-state index in [1.807, 2.05) is 0 Å². The van der Waals surface area contributed by atoms with Gasteiger partial charge in [0.15, 0.2) is 0 Å². The van der Waals surface area contributed by atoms with Gasteiger partial charge in [0, 0.05) is 13.1 Å². The molecule has 0 amide bonds. The number of nitrogens with one attached hydrogen (secondary N) is 1. The predicted molar refractivity (Wildman–Crippen MR) is 77.1 cm³/mol. The first-order valence-corrected chi connectivity index (χ1v) is 7.72. The molecule has 0 aromatic carbocycles. The van der Waals surface area contributed by atoms with Crippen LogP contribution in [-0.2, 0) is 17.1 Å². The molecule has 0 radical (unpaired) electrons. The molecular weight excluding hydrogens is 318 g/mol. The molecule has 0 fully saturated rings. The van der Waals surface area contributed by atoms with Crippen molar-refractivity contribution >= 4 is 27.6 Å². The van der Waals surface area contributed by atoms with Crippen molar-refractivity contribution in [3.05, 3.63) is 22.6 Å². The second-order valence-electron chi connectivity index (χ2n) is 4.29. The molecule has 114 valence electrons. The van der Waals surface area contributed by atoms with E-state index in [0.29, 0.717) is 11.4 Å². The summed E-state index contributed by atoms with van der Waals surface area (Å²) < 4.78 is 33.6. The lowest BCUT2D eigenvalue weighted by Gasteiger charge is -2.08. The summed E-state index contributed by atoms with van der Waals surface area (Å²) in [5.41, 5.74) is 0.894. The molecule has 2 rings (SSSR count). The first kappa shape index (κ1) is 15.5. The molecule has 0 saturated carbocycles. The highest BCUT2D eigenvalue weighted by atomic mass is 35.5. The van der Waals surface area contributed by atoms with Crippen LogP contribution in [0.15, 0.2) is 11.0 Å². The first-order chi connectivity index (χ1) is 9.74. The fraction of sp³-hybridized carbons (Fsp3) is 0.364. The smallest absolute Gasteiger partial charge is 0.267 e. The molecule has 0 bridgehead atoms. The van der Waals surface area contributed by atoms with Crippen molar-refractivity contribution in [2.45, 2.75) is 18.7 Å². The van der Waals surface area contributed by atoms with Gasteiger partial charge in [0.05, 0.1) is 18.5 Å². The third kappa shape index (κ3) is 3.08. The fourth-order valence-electron chi connectivity index (χ4n) is 1.86. The summed E-state index contributed by atoms with van der Waals surface area (Å²) in [5, 5.41) is 4.14. The van der Waals surface area contributed by atoms with Gasteiger partial charge < -0.3 is 4.74 Å². The number of ether oxygens (including phenoxy) is 1. The van der Waals surface area contributed by atoms with Crippen LogP contribution in [-0.4, -0.2) is 35.3 Å². The van der Waals surface area contributed by atoms with Gasteiger partial charge in [-0.15, -0.1) is 0 Å². The molecule has 10 heteroatoms. The van der Waals surface area contributed by atoms with Gasteiger partial charge in [0.2, 0.25) is 11.8 Å². The standard InChI is InChI=1S/C11H14ClN5O3S/c1-6-10(7(2)17(3)15-6)21(18,19)16-11-13-8(12)5-9(14-11)20-4/h5H,1-4H3,(H,13,14,16). The number of hydrogen-bond acceptors (Lipinski definition) is 6. The van der Waals surface area contributed by atoms with Crippen molar-refractivity contribution in [3.8, 4) is 5.88 Å². The minimum Gasteiger partial charge on any atom is -0.481 e. The highest BCUT2D eigenvalue weighted by Gasteiger charge is 2.25. The van der Waals surface area contributed by atoms with Crippen molar-refractivity contribution in [1.82, 2.24) is 19.7 Å². The van der Waals surface area contributed by atoms with Gasteiger partial charge in [-0.2, -0.15) is 10.1 Å². The Morgan fingerprint density at radius 1 is 1.33 bits per heavy atom. The van der Waals surface area contributed by atoms with E-state index in [9.17, 15) is 8.42 Å². The van der Waals surface area contributed by atoms with Crippen LogP contribution in [0.3, 0.4) is 0 Å². The first-order valence-electron chi connectivity index (χ1n) is 5.86. The lowest BCUT2D eigenvalue weighted by Crippen LogP contribution is -2.17. The predicted octanol–water partition coefficient (Wildman–Crippen LogP) is 1.29. The van der Waals surface area contributed by atoms with E-state index >= 15 is 0 Å². The van der Waals surface area contributed by atoms with Gasteiger partial charge in [-0.05, 0) is 13.8 Å². The molecule has 0 aliphatic carbocycles. The zero-order valence-electron chi connectivity index (χ0n) is 11.9. The van der Waals surface area contributed by atoms with Crippen molar-refractivity contribution in [1.29, 1.82) is 0 Å². The van der Waals surface area contributed by atoms with Crippen LogP contribution in [0.4, 0.5) is 5.95 Å². The normalized spacial score (nSPS) is 11.5. The van der Waals surface area contributed by atoms with E-state index in [2.05, 4.69) is 19.8 Å². The zero-order chi connectivity index (χ0) is 15.8. The summed E-state index contributed by atoms with van der Waals surface area (Å²) in [6.07, 6.45) is 0. The van der Waals surface area contributed by atoms with Crippen LogP contribution in [0.1, 0.15) is 11.4 Å². The molecule has 21 heavy (non-hydrogen) atoms. The third-order valence-corrected chi connectivity index (χ3v) is 4.59. The molecule has 0 aliphatic heterocycles. The molecule has 0 aliphatic rings. The number of nitrogens with zero attached hydrogens (tertiary/aromatic N) is 4. The molecule has 2 heterocycles. The minimum atomic E-state index is -3.87. The summed E-state index contributed by atoms with van der Waals surface area (Å²) >= 11 is 5.79. The average Bonchev–Trinajstić information content (AvgIpc) is 2.62. The van der Waals surface area contributed by atoms with Crippen molar-refractivity contribution in [2.75, 3.05) is 11.8 Å². The highest BCUT2D eigenvalue weighted by Crippen LogP contribution is 2.22. The summed E-state index contributed by atoms with van der Waals surface area (Å²) in [7, 11) is -0.806. The maximum Gasteiger partial charge on any atom is 0.267 e. The molecular formula is C11H14ClN5O3S. The van der Waals surface area contributed by atoms with E-state index < -0.39 is 10.0 Å². The molecule has 0 unspecified atom stereocenters. The van der Waals surface area contributed by atoms with Crippen molar-refractivity contribution in [3.63, 3.8) is 0 Å². The summed E-state index contributed by atoms with van der Waals surface area (Å²) in [5.74, 6) is -0.00525. The molecule has 0 saturated heterocycles. The minimum absolute atomic E-state index is 0.0687. The van der Waals surface area contributed by atoms with Gasteiger partial charge in [0.1, 0.15) is 10.0 Å². The van der Waals surface area contributed by atoms with E-state index in [-0.39, 0.29) is 21.9 Å². The lowest BCUT2D eigenvalue weighted by atomic mass is 10.4. The van der Waals surface area contributed by atoms with Crippen LogP contribution < -0.4 is 9.46 Å². The van der Waals surface area contributed by atoms with E-state index in [0.717, 1.165) is 0 Å². The van der Waals surface area contributed by atoms with Crippen molar-refractivity contribution in [2.24, 2.45) is 7.05 Å². The lowest BCUT2D eigenvalue weighted by molar-refractivity contribution is 0.397. The number of hydrogen-bond donors (Lipinski definition) is 1. The number of methoxy groups -OCH3 is 1. The molecule has 2 aromatic rings. The third-order valence-electron chi connectivity index (χ3n) is 2.82. The zero-order valence-corrected chi connectivity index (χ0v) is 13.4. The number of aryl methyl sites for hydroxylation is 2. The van der Waals surface area contributed by atoms with E-state index in [1.54, 1.807) is 20.9 Å². The van der Waals surface area contributed by atoms with Gasteiger partial charge in [0.25, 0.3) is 10.0 Å². The fourth-order valence-corrected chi connectivity index (χ4v) is 3.42. The SMILES string of the molecule is COc1cc(Cl)nc(NS(=O)(=O)c2c(C)nn(C)c2C)n1. The Balaban J connectivity index is 2.44. The average molecular weight is 332 g/mol. The van der Waals surface area contributed by atoms with E-state index in [4.69, 9.17) is 16.3 Å². The Morgan fingerprint density at radius 2 is 2.00 bits per heavy atom. The molecule has 8 nitrogen and oxygen atoms in total. The van der Waals surface area contributed by atoms with Crippen LogP contribution in [0.2, 0.25) is 5.15 Å².